The second-order valence-corrected chi connectivity index (χ2v) is 8.40. The van der Waals surface area contributed by atoms with Gasteiger partial charge in [0.2, 0.25) is 0 Å². The summed E-state index contributed by atoms with van der Waals surface area (Å²) in [5.74, 6) is 6.24. The van der Waals surface area contributed by atoms with Gasteiger partial charge in [-0.2, -0.15) is 5.10 Å². The second kappa shape index (κ2) is 8.64. The molecule has 2 aromatic carbocycles. The molecule has 0 atom stereocenters. The third-order valence-corrected chi connectivity index (χ3v) is 6.05. The van der Waals surface area contributed by atoms with Gasteiger partial charge in [0, 0.05) is 18.0 Å². The molecule has 4 aromatic rings. The number of benzene rings is 2. The van der Waals surface area contributed by atoms with Crippen molar-refractivity contribution in [2.24, 2.45) is 0 Å². The molecule has 9 nitrogen and oxygen atoms in total. The third-order valence-electron chi connectivity index (χ3n) is 4.68. The van der Waals surface area contributed by atoms with Crippen molar-refractivity contribution in [2.45, 2.75) is 18.4 Å². The highest BCUT2D eigenvalue weighted by molar-refractivity contribution is 7.92. The van der Waals surface area contributed by atoms with Gasteiger partial charge in [-0.3, -0.25) is 9.40 Å². The average molecular weight is 452 g/mol. The fraction of sp³-hybridized carbons (Fsp3) is 0.182. The topological polar surface area (TPSA) is 108 Å². The van der Waals surface area contributed by atoms with Crippen molar-refractivity contribution in [1.82, 2.24) is 14.9 Å². The number of nitrogens with one attached hydrogen (secondary N) is 1. The Morgan fingerprint density at radius 3 is 2.66 bits per heavy atom. The average Bonchev–Trinajstić information content (AvgIpc) is 3.43. The van der Waals surface area contributed by atoms with E-state index in [2.05, 4.69) is 26.8 Å². The van der Waals surface area contributed by atoms with E-state index in [1.807, 2.05) is 12.3 Å². The first kappa shape index (κ1) is 21.3. The maximum atomic E-state index is 13.1. The molecule has 4 rings (SSSR count). The Bertz CT molecular complexity index is 1430. The van der Waals surface area contributed by atoms with Gasteiger partial charge in [-0.15, -0.1) is 5.92 Å². The molecule has 0 aliphatic heterocycles. The Morgan fingerprint density at radius 1 is 1.16 bits per heavy atom. The van der Waals surface area contributed by atoms with E-state index in [0.717, 1.165) is 5.56 Å². The van der Waals surface area contributed by atoms with Crippen molar-refractivity contribution in [3.63, 3.8) is 0 Å². The number of nitrogens with zero attached hydrogens (tertiary/aromatic N) is 3. The van der Waals surface area contributed by atoms with Crippen LogP contribution < -0.4 is 14.2 Å². The van der Waals surface area contributed by atoms with E-state index < -0.39 is 10.0 Å². The maximum absolute atomic E-state index is 13.1. The number of methoxy groups -OCH3 is 2. The minimum Gasteiger partial charge on any atom is -0.496 e. The van der Waals surface area contributed by atoms with Crippen molar-refractivity contribution in [2.75, 3.05) is 18.9 Å². The number of hydrogen-bond acceptors (Lipinski definition) is 7. The fourth-order valence-electron chi connectivity index (χ4n) is 3.29. The lowest BCUT2D eigenvalue weighted by Gasteiger charge is -2.11. The molecule has 10 heteroatoms. The van der Waals surface area contributed by atoms with E-state index in [9.17, 15) is 8.42 Å². The molecular formula is C22H20N4O5S. The van der Waals surface area contributed by atoms with Crippen molar-refractivity contribution in [1.29, 1.82) is 0 Å². The monoisotopic (exact) mass is 452 g/mol. The lowest BCUT2D eigenvalue weighted by Crippen LogP contribution is -2.14. The molecule has 0 amide bonds. The minimum absolute atomic E-state index is 0.0157. The van der Waals surface area contributed by atoms with Crippen LogP contribution in [0.25, 0.3) is 11.0 Å². The van der Waals surface area contributed by atoms with Crippen LogP contribution in [0.4, 0.5) is 5.82 Å². The van der Waals surface area contributed by atoms with E-state index in [0.29, 0.717) is 28.8 Å². The smallest absolute Gasteiger partial charge is 0.266 e. The lowest BCUT2D eigenvalue weighted by molar-refractivity contribution is 0.402. The number of aromatic nitrogens is 3. The largest absolute Gasteiger partial charge is 0.496 e. The zero-order valence-electron chi connectivity index (χ0n) is 17.6. The molecular weight excluding hydrogens is 432 g/mol. The van der Waals surface area contributed by atoms with Crippen LogP contribution in [0.1, 0.15) is 18.1 Å². The van der Waals surface area contributed by atoms with Crippen molar-refractivity contribution in [3.8, 4) is 23.3 Å². The molecule has 0 saturated heterocycles. The summed E-state index contributed by atoms with van der Waals surface area (Å²) in [5, 5.41) is 8.52. The molecule has 32 heavy (non-hydrogen) atoms. The predicted octanol–water partition coefficient (Wildman–Crippen LogP) is 3.26. The second-order valence-electron chi connectivity index (χ2n) is 6.75. The highest BCUT2D eigenvalue weighted by atomic mass is 32.2. The molecule has 0 fully saturated rings. The Balaban J connectivity index is 1.71. The van der Waals surface area contributed by atoms with Gasteiger partial charge in [-0.25, -0.2) is 8.42 Å². The van der Waals surface area contributed by atoms with E-state index in [-0.39, 0.29) is 16.5 Å². The van der Waals surface area contributed by atoms with Crippen LogP contribution in [0.5, 0.6) is 11.5 Å². The SMILES string of the molecule is CC#Cc1ccc(S(=O)(=O)Nc2noc3cc(Cn4cccn4)cc(OC)c23)c(OC)c1. The summed E-state index contributed by atoms with van der Waals surface area (Å²) < 4.78 is 46.6. The first-order valence-electron chi connectivity index (χ1n) is 9.52. The molecule has 2 aromatic heterocycles. The first-order valence-corrected chi connectivity index (χ1v) is 11.0. The molecule has 0 radical (unpaired) electrons. The van der Waals surface area contributed by atoms with Crippen LogP contribution in [0.15, 0.2) is 58.2 Å². The molecule has 1 N–H and O–H groups in total. The van der Waals surface area contributed by atoms with E-state index in [1.165, 1.54) is 20.3 Å². The number of rotatable bonds is 7. The summed E-state index contributed by atoms with van der Waals surface area (Å²) in [6, 6.07) is 9.99. The summed E-state index contributed by atoms with van der Waals surface area (Å²) in [4.78, 5) is -0.0490. The molecule has 0 aliphatic carbocycles. The van der Waals surface area contributed by atoms with E-state index in [4.69, 9.17) is 14.0 Å². The highest BCUT2D eigenvalue weighted by Gasteiger charge is 2.24. The number of anilines is 1. The van der Waals surface area contributed by atoms with Gasteiger partial charge < -0.3 is 14.0 Å². The van der Waals surface area contributed by atoms with Gasteiger partial charge >= 0.3 is 0 Å². The highest BCUT2D eigenvalue weighted by Crippen LogP contribution is 2.36. The number of sulfonamides is 1. The van der Waals surface area contributed by atoms with Gasteiger partial charge in [0.05, 0.1) is 20.8 Å². The van der Waals surface area contributed by atoms with E-state index >= 15 is 0 Å². The molecule has 2 heterocycles. The summed E-state index contributed by atoms with van der Waals surface area (Å²) in [5.41, 5.74) is 1.88. The summed E-state index contributed by atoms with van der Waals surface area (Å²) in [6.07, 6.45) is 3.52. The Morgan fingerprint density at radius 2 is 1.97 bits per heavy atom. The summed E-state index contributed by atoms with van der Waals surface area (Å²) in [7, 11) is -1.15. The van der Waals surface area contributed by atoms with Crippen LogP contribution >= 0.6 is 0 Å². The maximum Gasteiger partial charge on any atom is 0.266 e. The number of fused-ring (bicyclic) bond motifs is 1. The van der Waals surface area contributed by atoms with Crippen molar-refractivity contribution < 1.29 is 22.4 Å². The lowest BCUT2D eigenvalue weighted by atomic mass is 10.1. The van der Waals surface area contributed by atoms with Gasteiger partial charge in [0.1, 0.15) is 21.8 Å². The van der Waals surface area contributed by atoms with Crippen LogP contribution in [0.3, 0.4) is 0 Å². The van der Waals surface area contributed by atoms with Crippen LogP contribution in [0.2, 0.25) is 0 Å². The van der Waals surface area contributed by atoms with Crippen molar-refractivity contribution >= 4 is 26.8 Å². The van der Waals surface area contributed by atoms with E-state index in [1.54, 1.807) is 42.1 Å². The third kappa shape index (κ3) is 4.10. The first-order chi connectivity index (χ1) is 15.4. The molecule has 0 unspecified atom stereocenters. The van der Waals surface area contributed by atoms with Crippen molar-refractivity contribution in [3.05, 3.63) is 59.9 Å². The molecule has 0 aliphatic rings. The van der Waals surface area contributed by atoms with Crippen LogP contribution in [0, 0.1) is 11.8 Å². The summed E-state index contributed by atoms with van der Waals surface area (Å²) in [6.45, 7) is 2.19. The Kier molecular flexibility index (Phi) is 5.75. The normalized spacial score (nSPS) is 11.1. The van der Waals surface area contributed by atoms with Gasteiger partial charge in [0.25, 0.3) is 10.0 Å². The predicted molar refractivity (Wildman–Crippen MR) is 118 cm³/mol. The van der Waals surface area contributed by atoms with Gasteiger partial charge in [-0.05, 0) is 48.9 Å². The Labute approximate surface area is 185 Å². The fourth-order valence-corrected chi connectivity index (χ4v) is 4.45. The molecule has 164 valence electrons. The van der Waals surface area contributed by atoms with Crippen LogP contribution in [-0.2, 0) is 16.6 Å². The van der Waals surface area contributed by atoms with Crippen LogP contribution in [-0.4, -0.2) is 37.6 Å². The summed E-state index contributed by atoms with van der Waals surface area (Å²) >= 11 is 0. The standard InChI is InChI=1S/C22H20N4O5S/c1-4-6-15-7-8-20(17(11-15)29-2)32(27,28)25-22-21-18(30-3)12-16(13-19(21)31-24-22)14-26-10-5-9-23-26/h5,7-13H,14H2,1-3H3,(H,24,25). The van der Waals surface area contributed by atoms with Gasteiger partial charge in [0.15, 0.2) is 11.4 Å². The number of ether oxygens (including phenoxy) is 2. The number of hydrogen-bond donors (Lipinski definition) is 1. The molecule has 0 saturated carbocycles. The Hall–Kier alpha value is -3.97. The quantitative estimate of drug-likeness (QED) is 0.429. The zero-order valence-corrected chi connectivity index (χ0v) is 18.4. The zero-order chi connectivity index (χ0) is 22.7. The van der Waals surface area contributed by atoms with Gasteiger partial charge in [-0.1, -0.05) is 11.1 Å². The molecule has 0 bridgehead atoms. The molecule has 0 spiro atoms. The minimum atomic E-state index is -4.04.